The fourth-order valence-corrected chi connectivity index (χ4v) is 0.752. The van der Waals surface area contributed by atoms with Crippen LogP contribution in [-0.2, 0) is 0 Å². The van der Waals surface area contributed by atoms with E-state index < -0.39 is 5.97 Å². The summed E-state index contributed by atoms with van der Waals surface area (Å²) in [5, 5.41) is 24.6. The maximum Gasteiger partial charge on any atom is 0.374 e. The van der Waals surface area contributed by atoms with E-state index in [1.807, 2.05) is 0 Å². The van der Waals surface area contributed by atoms with Gasteiger partial charge in [0.25, 0.3) is 0 Å². The highest BCUT2D eigenvalue weighted by Crippen LogP contribution is 2.12. The number of rotatable bonds is 2. The molecule has 0 aromatic carbocycles. The molecular weight excluding hydrogens is 178 g/mol. The molecule has 0 saturated heterocycles. The van der Waals surface area contributed by atoms with Crippen LogP contribution < -0.4 is 0 Å². The number of carboxylic acids is 1. The number of aromatic amines is 1. The summed E-state index contributed by atoms with van der Waals surface area (Å²) in [6.07, 6.45) is 0. The van der Waals surface area contributed by atoms with Crippen molar-refractivity contribution >= 4 is 5.97 Å². The van der Waals surface area contributed by atoms with Crippen molar-refractivity contribution < 1.29 is 14.4 Å². The fraction of sp³-hybridized carbons (Fsp3) is 0. The summed E-state index contributed by atoms with van der Waals surface area (Å²) in [7, 11) is 0. The molecule has 66 valence electrons. The van der Waals surface area contributed by atoms with Crippen molar-refractivity contribution in [2.75, 3.05) is 0 Å². The second-order valence-electron chi connectivity index (χ2n) is 2.12. The molecule has 0 radical (unpaired) electrons. The monoisotopic (exact) mass is 181 g/mol. The largest absolute Gasteiger partial charge is 0.475 e. The Kier molecular flexibility index (Phi) is 1.51. The minimum absolute atomic E-state index is 0.191. The van der Waals surface area contributed by atoms with Crippen molar-refractivity contribution in [3.05, 3.63) is 11.8 Å². The van der Waals surface area contributed by atoms with Gasteiger partial charge < -0.3 is 9.63 Å². The highest BCUT2D eigenvalue weighted by atomic mass is 16.5. The van der Waals surface area contributed by atoms with Crippen LogP contribution in [0, 0.1) is 0 Å². The van der Waals surface area contributed by atoms with Gasteiger partial charge in [0.2, 0.25) is 11.6 Å². The van der Waals surface area contributed by atoms with Crippen LogP contribution in [0.1, 0.15) is 10.6 Å². The standard InChI is InChI=1S/C5H3N5O3/c11-5(12)3-1-2(8-13-3)4-6-9-10-7-4/h1H,(H,11,12)(H,6,7,9,10). The zero-order valence-corrected chi connectivity index (χ0v) is 6.13. The maximum atomic E-state index is 10.4. The first-order chi connectivity index (χ1) is 6.27. The summed E-state index contributed by atoms with van der Waals surface area (Å²) in [6.45, 7) is 0. The van der Waals surface area contributed by atoms with Crippen molar-refractivity contribution in [1.82, 2.24) is 25.8 Å². The highest BCUT2D eigenvalue weighted by Gasteiger charge is 2.14. The van der Waals surface area contributed by atoms with Gasteiger partial charge in [-0.05, 0) is 5.21 Å². The maximum absolute atomic E-state index is 10.4. The van der Waals surface area contributed by atoms with E-state index in [2.05, 4.69) is 30.3 Å². The van der Waals surface area contributed by atoms with Crippen LogP contribution in [-0.4, -0.2) is 36.9 Å². The quantitative estimate of drug-likeness (QED) is 0.644. The Hall–Kier alpha value is -2.25. The Morgan fingerprint density at radius 3 is 3.00 bits per heavy atom. The van der Waals surface area contributed by atoms with Crippen LogP contribution in [0.4, 0.5) is 0 Å². The van der Waals surface area contributed by atoms with E-state index in [1.54, 1.807) is 0 Å². The molecule has 8 heteroatoms. The lowest BCUT2D eigenvalue weighted by Crippen LogP contribution is -1.91. The Morgan fingerprint density at radius 1 is 1.62 bits per heavy atom. The van der Waals surface area contributed by atoms with Crippen LogP contribution >= 0.6 is 0 Å². The van der Waals surface area contributed by atoms with E-state index in [0.717, 1.165) is 0 Å². The molecule has 2 N–H and O–H groups in total. The minimum atomic E-state index is -1.19. The zero-order chi connectivity index (χ0) is 9.26. The van der Waals surface area contributed by atoms with Crippen molar-refractivity contribution in [3.8, 4) is 11.5 Å². The molecule has 8 nitrogen and oxygen atoms in total. The highest BCUT2D eigenvalue weighted by molar-refractivity contribution is 5.85. The van der Waals surface area contributed by atoms with Crippen LogP contribution in [0.3, 0.4) is 0 Å². The Bertz CT molecular complexity index is 419. The minimum Gasteiger partial charge on any atom is -0.475 e. The van der Waals surface area contributed by atoms with Gasteiger partial charge in [-0.2, -0.15) is 5.21 Å². The lowest BCUT2D eigenvalue weighted by Gasteiger charge is -1.78. The molecule has 2 heterocycles. The van der Waals surface area contributed by atoms with Gasteiger partial charge in [-0.1, -0.05) is 5.16 Å². The number of carbonyl (C=O) groups is 1. The smallest absolute Gasteiger partial charge is 0.374 e. The average molecular weight is 181 g/mol. The second-order valence-corrected chi connectivity index (χ2v) is 2.12. The third-order valence-electron chi connectivity index (χ3n) is 1.30. The third kappa shape index (κ3) is 1.24. The van der Waals surface area contributed by atoms with E-state index in [9.17, 15) is 4.79 Å². The van der Waals surface area contributed by atoms with E-state index in [1.165, 1.54) is 6.07 Å². The van der Waals surface area contributed by atoms with Gasteiger partial charge in [0, 0.05) is 6.07 Å². The number of nitrogens with one attached hydrogen (secondary N) is 1. The predicted octanol–water partition coefficient (Wildman–Crippen LogP) is -0.447. The van der Waals surface area contributed by atoms with E-state index >= 15 is 0 Å². The molecule has 0 fully saturated rings. The second kappa shape index (κ2) is 2.66. The molecule has 2 aromatic heterocycles. The molecule has 13 heavy (non-hydrogen) atoms. The summed E-state index contributed by atoms with van der Waals surface area (Å²) in [6, 6.07) is 1.22. The first-order valence-corrected chi connectivity index (χ1v) is 3.21. The summed E-state index contributed by atoms with van der Waals surface area (Å²) >= 11 is 0. The van der Waals surface area contributed by atoms with Crippen molar-refractivity contribution in [1.29, 1.82) is 0 Å². The fourth-order valence-electron chi connectivity index (χ4n) is 0.752. The molecule has 0 aliphatic heterocycles. The Balaban J connectivity index is 2.39. The first kappa shape index (κ1) is 7.40. The summed E-state index contributed by atoms with van der Waals surface area (Å²) in [5.74, 6) is -1.27. The van der Waals surface area contributed by atoms with Crippen molar-refractivity contribution in [2.45, 2.75) is 0 Å². The third-order valence-corrected chi connectivity index (χ3v) is 1.30. The molecule has 2 aromatic rings. The molecular formula is C5H3N5O3. The number of H-pyrrole nitrogens is 1. The van der Waals surface area contributed by atoms with E-state index in [0.29, 0.717) is 0 Å². The normalized spacial score (nSPS) is 10.2. The van der Waals surface area contributed by atoms with E-state index in [4.69, 9.17) is 5.11 Å². The molecule has 2 rings (SSSR count). The number of aromatic nitrogens is 5. The number of hydrogen-bond donors (Lipinski definition) is 2. The van der Waals surface area contributed by atoms with Crippen LogP contribution in [0.5, 0.6) is 0 Å². The topological polar surface area (TPSA) is 118 Å². The predicted molar refractivity (Wildman–Crippen MR) is 36.6 cm³/mol. The van der Waals surface area contributed by atoms with Gasteiger partial charge in [-0.15, -0.1) is 10.2 Å². The van der Waals surface area contributed by atoms with Crippen LogP contribution in [0.2, 0.25) is 0 Å². The van der Waals surface area contributed by atoms with Gasteiger partial charge in [0.1, 0.15) is 0 Å². The van der Waals surface area contributed by atoms with Crippen molar-refractivity contribution in [3.63, 3.8) is 0 Å². The van der Waals surface area contributed by atoms with Gasteiger partial charge in [0.15, 0.2) is 5.69 Å². The average Bonchev–Trinajstić information content (AvgIpc) is 2.75. The Labute approximate surface area is 70.5 Å². The van der Waals surface area contributed by atoms with E-state index in [-0.39, 0.29) is 17.3 Å². The molecule has 0 saturated carbocycles. The SMILES string of the molecule is O=C(O)c1cc(-c2nn[nH]n2)no1. The molecule has 0 aliphatic rings. The number of nitrogens with zero attached hydrogens (tertiary/aromatic N) is 4. The molecule has 0 spiro atoms. The number of carboxylic acid groups (broad SMARTS) is 1. The van der Waals surface area contributed by atoms with Gasteiger partial charge >= 0.3 is 5.97 Å². The molecule has 0 aliphatic carbocycles. The molecule has 0 amide bonds. The van der Waals surface area contributed by atoms with Gasteiger partial charge in [-0.25, -0.2) is 4.79 Å². The molecule has 0 unspecified atom stereocenters. The number of tetrazole rings is 1. The lowest BCUT2D eigenvalue weighted by atomic mass is 10.3. The molecule has 0 atom stereocenters. The van der Waals surface area contributed by atoms with Gasteiger partial charge in [0.05, 0.1) is 0 Å². The molecule has 0 bridgehead atoms. The summed E-state index contributed by atoms with van der Waals surface area (Å²) in [5.41, 5.74) is 0.228. The number of aromatic carboxylic acids is 1. The summed E-state index contributed by atoms with van der Waals surface area (Å²) in [4.78, 5) is 10.4. The summed E-state index contributed by atoms with van der Waals surface area (Å²) < 4.78 is 4.48. The van der Waals surface area contributed by atoms with Gasteiger partial charge in [-0.3, -0.25) is 0 Å². The zero-order valence-electron chi connectivity index (χ0n) is 6.13. The Morgan fingerprint density at radius 2 is 2.46 bits per heavy atom. The number of hydrogen-bond acceptors (Lipinski definition) is 6. The lowest BCUT2D eigenvalue weighted by molar-refractivity contribution is 0.0652. The van der Waals surface area contributed by atoms with Crippen LogP contribution in [0.15, 0.2) is 10.6 Å². The van der Waals surface area contributed by atoms with Crippen LogP contribution in [0.25, 0.3) is 11.5 Å². The first-order valence-electron chi connectivity index (χ1n) is 3.21. The van der Waals surface area contributed by atoms with Crippen molar-refractivity contribution in [2.24, 2.45) is 0 Å².